The zero-order valence-corrected chi connectivity index (χ0v) is 16.8. The molecule has 0 radical (unpaired) electrons. The van der Waals surface area contributed by atoms with Crippen molar-refractivity contribution < 1.29 is 23.0 Å². The van der Waals surface area contributed by atoms with Crippen LogP contribution in [0.5, 0.6) is 11.5 Å². The molecule has 1 amide bonds. The third kappa shape index (κ3) is 4.27. The van der Waals surface area contributed by atoms with Crippen LogP contribution in [-0.4, -0.2) is 29.8 Å². The molecule has 7 nitrogen and oxygen atoms in total. The Morgan fingerprint density at radius 2 is 1.75 bits per heavy atom. The molecule has 0 bridgehead atoms. The summed E-state index contributed by atoms with van der Waals surface area (Å²) in [5.41, 5.74) is 0.890. The van der Waals surface area contributed by atoms with E-state index in [0.717, 1.165) is 0 Å². The van der Waals surface area contributed by atoms with Crippen molar-refractivity contribution >= 4 is 22.4 Å². The van der Waals surface area contributed by atoms with Crippen molar-refractivity contribution in [1.29, 1.82) is 0 Å². The minimum Gasteiger partial charge on any atom is -0.497 e. The molecule has 0 saturated carbocycles. The molecule has 0 atom stereocenters. The van der Waals surface area contributed by atoms with Crippen LogP contribution in [0.25, 0.3) is 21.9 Å². The Morgan fingerprint density at radius 1 is 1.03 bits per heavy atom. The number of methoxy groups -OCH3 is 1. The Morgan fingerprint density at radius 3 is 2.44 bits per heavy atom. The number of nitrogens with one attached hydrogen (secondary N) is 2. The van der Waals surface area contributed by atoms with Crippen LogP contribution in [0.1, 0.15) is 10.5 Å². The Labute approximate surface area is 180 Å². The van der Waals surface area contributed by atoms with Gasteiger partial charge in [-0.15, -0.1) is 0 Å². The number of H-pyrrole nitrogens is 1. The van der Waals surface area contributed by atoms with Gasteiger partial charge in [-0.1, -0.05) is 30.3 Å². The van der Waals surface area contributed by atoms with E-state index in [9.17, 15) is 18.4 Å². The number of carbonyl (C=O) groups excluding carboxylic acids is 1. The third-order valence-corrected chi connectivity index (χ3v) is 4.77. The summed E-state index contributed by atoms with van der Waals surface area (Å²) in [7, 11) is 1.52. The molecule has 4 rings (SSSR count). The fourth-order valence-corrected chi connectivity index (χ4v) is 3.28. The lowest BCUT2D eigenvalue weighted by Crippen LogP contribution is -2.19. The smallest absolute Gasteiger partial charge is 0.387 e. The summed E-state index contributed by atoms with van der Waals surface area (Å²) in [6.45, 7) is -3.01. The largest absolute Gasteiger partial charge is 0.497 e. The van der Waals surface area contributed by atoms with Crippen molar-refractivity contribution in [3.63, 3.8) is 0 Å². The van der Waals surface area contributed by atoms with E-state index in [1.165, 1.54) is 25.3 Å². The van der Waals surface area contributed by atoms with Crippen molar-refractivity contribution in [2.24, 2.45) is 0 Å². The van der Waals surface area contributed by atoms with Gasteiger partial charge in [0, 0.05) is 16.6 Å². The van der Waals surface area contributed by atoms with Gasteiger partial charge in [0.2, 0.25) is 0 Å². The number of benzene rings is 3. The molecule has 1 heterocycles. The Balaban J connectivity index is 1.71. The summed E-state index contributed by atoms with van der Waals surface area (Å²) in [4.78, 5) is 24.8. The van der Waals surface area contributed by atoms with Gasteiger partial charge >= 0.3 is 6.61 Å². The Bertz CT molecular complexity index is 1340. The van der Waals surface area contributed by atoms with Gasteiger partial charge in [-0.25, -0.2) is 5.10 Å². The molecule has 0 aliphatic heterocycles. The summed E-state index contributed by atoms with van der Waals surface area (Å²) in [5, 5.41) is 9.59. The zero-order chi connectivity index (χ0) is 22.7. The van der Waals surface area contributed by atoms with Crippen molar-refractivity contribution in [3.05, 3.63) is 82.8 Å². The summed E-state index contributed by atoms with van der Waals surface area (Å²) in [6, 6.07) is 17.6. The number of hydrogen-bond acceptors (Lipinski definition) is 5. The van der Waals surface area contributed by atoms with Crippen molar-refractivity contribution in [2.75, 3.05) is 12.4 Å². The van der Waals surface area contributed by atoms with E-state index in [-0.39, 0.29) is 11.4 Å². The van der Waals surface area contributed by atoms with Crippen LogP contribution in [0.15, 0.2) is 71.5 Å². The van der Waals surface area contributed by atoms with Crippen molar-refractivity contribution in [3.8, 4) is 22.6 Å². The maximum Gasteiger partial charge on any atom is 0.387 e. The van der Waals surface area contributed by atoms with Crippen LogP contribution in [0.3, 0.4) is 0 Å². The third-order valence-electron chi connectivity index (χ3n) is 4.77. The quantitative estimate of drug-likeness (QED) is 0.465. The first-order valence-corrected chi connectivity index (χ1v) is 9.48. The van der Waals surface area contributed by atoms with Crippen molar-refractivity contribution in [1.82, 2.24) is 10.2 Å². The molecule has 162 valence electrons. The number of aromatic nitrogens is 2. The molecule has 2 N–H and O–H groups in total. The first-order valence-electron chi connectivity index (χ1n) is 9.48. The summed E-state index contributed by atoms with van der Waals surface area (Å²) in [6.07, 6.45) is 0. The molecule has 0 aliphatic carbocycles. The van der Waals surface area contributed by atoms with Crippen LogP contribution in [-0.2, 0) is 0 Å². The molecule has 32 heavy (non-hydrogen) atoms. The average Bonchev–Trinajstić information content (AvgIpc) is 2.80. The molecule has 9 heteroatoms. The minimum absolute atomic E-state index is 0.0269. The summed E-state index contributed by atoms with van der Waals surface area (Å²) < 4.78 is 35.6. The Hall–Kier alpha value is -4.27. The number of fused-ring (bicyclic) bond motifs is 1. The van der Waals surface area contributed by atoms with Gasteiger partial charge in [-0.3, -0.25) is 9.59 Å². The number of amides is 1. The van der Waals surface area contributed by atoms with Gasteiger partial charge in [-0.05, 0) is 42.0 Å². The van der Waals surface area contributed by atoms with E-state index in [4.69, 9.17) is 4.74 Å². The monoisotopic (exact) mass is 437 g/mol. The number of hydrogen-bond donors (Lipinski definition) is 2. The molecular formula is C23H17F2N3O4. The topological polar surface area (TPSA) is 93.3 Å². The van der Waals surface area contributed by atoms with Gasteiger partial charge in [0.15, 0.2) is 5.69 Å². The van der Waals surface area contributed by atoms with Gasteiger partial charge in [0.25, 0.3) is 11.5 Å². The fraction of sp³-hybridized carbons (Fsp3) is 0.0870. The lowest BCUT2D eigenvalue weighted by atomic mass is 10.0. The van der Waals surface area contributed by atoms with Gasteiger partial charge in [0.1, 0.15) is 11.5 Å². The van der Waals surface area contributed by atoms with Crippen molar-refractivity contribution in [2.45, 2.75) is 6.61 Å². The second kappa shape index (κ2) is 8.84. The van der Waals surface area contributed by atoms with Crippen LogP contribution in [0.4, 0.5) is 14.5 Å². The van der Waals surface area contributed by atoms with E-state index in [1.807, 2.05) is 0 Å². The zero-order valence-electron chi connectivity index (χ0n) is 16.8. The number of carbonyl (C=O) groups is 1. The summed E-state index contributed by atoms with van der Waals surface area (Å²) in [5.74, 6) is -0.0120. The molecule has 3 aromatic carbocycles. The number of alkyl halides is 2. The maximum atomic E-state index is 12.9. The fourth-order valence-electron chi connectivity index (χ4n) is 3.28. The highest BCUT2D eigenvalue weighted by Gasteiger charge is 2.17. The standard InChI is InChI=1S/C23H17F2N3O4/c1-31-15-9-6-13(7-10-15)18-12-14(8-11-19(18)32-23(24)25)26-22(30)20-16-4-2-3-5-17(16)21(29)28-27-20/h2-12,23H,1H3,(H,26,30)(H,28,29). The van der Waals surface area contributed by atoms with Crippen LogP contribution >= 0.6 is 0 Å². The first kappa shape index (κ1) is 21.0. The van der Waals surface area contributed by atoms with E-state index in [2.05, 4.69) is 20.3 Å². The second-order valence-corrected chi connectivity index (χ2v) is 6.72. The van der Waals surface area contributed by atoms with Gasteiger partial charge in [-0.2, -0.15) is 13.9 Å². The second-order valence-electron chi connectivity index (χ2n) is 6.72. The molecule has 1 aromatic heterocycles. The number of rotatable bonds is 6. The molecule has 0 spiro atoms. The number of ether oxygens (including phenoxy) is 2. The lowest BCUT2D eigenvalue weighted by Gasteiger charge is -2.14. The molecule has 4 aromatic rings. The minimum atomic E-state index is -3.01. The number of anilines is 1. The predicted octanol–water partition coefficient (Wildman–Crippen LogP) is 4.45. The van der Waals surface area contributed by atoms with Crippen LogP contribution in [0.2, 0.25) is 0 Å². The van der Waals surface area contributed by atoms with E-state index < -0.39 is 18.1 Å². The molecule has 0 fully saturated rings. The molecule has 0 unspecified atom stereocenters. The highest BCUT2D eigenvalue weighted by molar-refractivity contribution is 6.11. The van der Waals surface area contributed by atoms with E-state index in [0.29, 0.717) is 33.3 Å². The lowest BCUT2D eigenvalue weighted by molar-refractivity contribution is -0.0494. The average molecular weight is 437 g/mol. The number of halogens is 2. The highest BCUT2D eigenvalue weighted by Crippen LogP contribution is 2.34. The van der Waals surface area contributed by atoms with Crippen LogP contribution < -0.4 is 20.3 Å². The Kier molecular flexibility index (Phi) is 5.80. The van der Waals surface area contributed by atoms with E-state index in [1.54, 1.807) is 48.5 Å². The molecular weight excluding hydrogens is 420 g/mol. The van der Waals surface area contributed by atoms with Gasteiger partial charge < -0.3 is 14.8 Å². The molecule has 0 saturated heterocycles. The highest BCUT2D eigenvalue weighted by atomic mass is 19.3. The van der Waals surface area contributed by atoms with Gasteiger partial charge in [0.05, 0.1) is 12.5 Å². The normalized spacial score (nSPS) is 10.9. The molecule has 0 aliphatic rings. The SMILES string of the molecule is COc1ccc(-c2cc(NC(=O)c3n[nH]c(=O)c4ccccc34)ccc2OC(F)F)cc1. The summed E-state index contributed by atoms with van der Waals surface area (Å²) >= 11 is 0. The predicted molar refractivity (Wildman–Crippen MR) is 115 cm³/mol. The maximum absolute atomic E-state index is 12.9. The number of nitrogens with zero attached hydrogens (tertiary/aromatic N) is 1. The first-order chi connectivity index (χ1) is 15.5. The number of aromatic amines is 1. The van der Waals surface area contributed by atoms with Crippen LogP contribution in [0, 0.1) is 0 Å². The van der Waals surface area contributed by atoms with E-state index >= 15 is 0 Å².